The van der Waals surface area contributed by atoms with E-state index in [-0.39, 0.29) is 17.0 Å². The smallest absolute Gasteiger partial charge is 0.337 e. The molecular formula is C31H23N3O4S2. The van der Waals surface area contributed by atoms with Gasteiger partial charge < -0.3 is 14.2 Å². The summed E-state index contributed by atoms with van der Waals surface area (Å²) >= 11 is 1.36. The molecule has 0 radical (unpaired) electrons. The van der Waals surface area contributed by atoms with Gasteiger partial charge in [-0.15, -0.1) is 11.3 Å². The minimum atomic E-state index is -4.05. The van der Waals surface area contributed by atoms with Crippen LogP contribution >= 0.6 is 11.3 Å². The highest BCUT2D eigenvalue weighted by Gasteiger charge is 2.26. The van der Waals surface area contributed by atoms with Gasteiger partial charge in [-0.05, 0) is 65.4 Å². The average molecular weight is 566 g/mol. The van der Waals surface area contributed by atoms with Gasteiger partial charge in [0, 0.05) is 52.7 Å². The number of sulfonamides is 1. The molecule has 0 amide bonds. The number of aryl methyl sites for hydroxylation is 1. The van der Waals surface area contributed by atoms with E-state index in [1.165, 1.54) is 17.4 Å². The Hall–Kier alpha value is -4.78. The number of nitrogens with zero attached hydrogens (tertiary/aromatic N) is 3. The molecule has 0 aliphatic carbocycles. The summed E-state index contributed by atoms with van der Waals surface area (Å²) in [7, 11) is -2.09. The zero-order valence-corrected chi connectivity index (χ0v) is 23.0. The number of para-hydroxylation sites is 1. The molecule has 3 aromatic carbocycles. The zero-order valence-electron chi connectivity index (χ0n) is 21.4. The fourth-order valence-corrected chi connectivity index (χ4v) is 7.45. The number of carbonyl (C=O) groups is 1. The Morgan fingerprint density at radius 3 is 2.58 bits per heavy atom. The number of fused-ring (bicyclic) bond motifs is 2. The van der Waals surface area contributed by atoms with E-state index < -0.39 is 16.0 Å². The number of carboxylic acids is 1. The van der Waals surface area contributed by atoms with Crippen molar-refractivity contribution in [3.8, 4) is 17.7 Å². The van der Waals surface area contributed by atoms with Gasteiger partial charge in [-0.1, -0.05) is 30.3 Å². The largest absolute Gasteiger partial charge is 0.478 e. The molecule has 3 aromatic heterocycles. The molecule has 40 heavy (non-hydrogen) atoms. The summed E-state index contributed by atoms with van der Waals surface area (Å²) in [6, 6.07) is 26.4. The molecule has 1 N–H and O–H groups in total. The van der Waals surface area contributed by atoms with E-state index in [9.17, 15) is 18.3 Å². The Balaban J connectivity index is 1.50. The van der Waals surface area contributed by atoms with Crippen molar-refractivity contribution < 1.29 is 18.3 Å². The number of carboxylic acid groups (broad SMARTS) is 1. The van der Waals surface area contributed by atoms with Crippen LogP contribution in [-0.2, 0) is 23.6 Å². The molecule has 0 saturated heterocycles. The molecular weight excluding hydrogens is 542 g/mol. The molecule has 7 nitrogen and oxygen atoms in total. The highest BCUT2D eigenvalue weighted by molar-refractivity contribution is 7.89. The van der Waals surface area contributed by atoms with Gasteiger partial charge in [-0.25, -0.2) is 17.5 Å². The molecule has 6 aromatic rings. The second kappa shape index (κ2) is 10.1. The maximum Gasteiger partial charge on any atom is 0.337 e. The van der Waals surface area contributed by atoms with E-state index in [0.29, 0.717) is 16.6 Å². The molecule has 0 aliphatic rings. The number of aromatic carboxylic acids is 1. The Labute approximate surface area is 235 Å². The van der Waals surface area contributed by atoms with Gasteiger partial charge in [0.05, 0.1) is 23.4 Å². The molecule has 3 heterocycles. The Morgan fingerprint density at radius 2 is 1.77 bits per heavy atom. The first kappa shape index (κ1) is 25.5. The van der Waals surface area contributed by atoms with Gasteiger partial charge >= 0.3 is 5.97 Å². The molecule has 6 rings (SSSR count). The van der Waals surface area contributed by atoms with Crippen molar-refractivity contribution in [3.63, 3.8) is 0 Å². The van der Waals surface area contributed by atoms with Crippen LogP contribution in [0.5, 0.6) is 0 Å². The SMILES string of the molecule is Cn1ccc2cc(CN(C#Cc3cccc(C(=O)O)c3-n3cccc3)S(=O)(=O)c3csc4ccccc34)ccc21. The summed E-state index contributed by atoms with van der Waals surface area (Å²) < 4.78 is 33.9. The van der Waals surface area contributed by atoms with E-state index in [0.717, 1.165) is 25.5 Å². The van der Waals surface area contributed by atoms with Gasteiger partial charge in [0.1, 0.15) is 4.90 Å². The van der Waals surface area contributed by atoms with Gasteiger partial charge in [0.2, 0.25) is 0 Å². The lowest BCUT2D eigenvalue weighted by Gasteiger charge is -2.18. The number of thiophene rings is 1. The van der Waals surface area contributed by atoms with Crippen LogP contribution in [0.1, 0.15) is 21.5 Å². The second-order valence-corrected chi connectivity index (χ2v) is 12.0. The summed E-state index contributed by atoms with van der Waals surface area (Å²) in [5.41, 5.74) is 2.65. The third-order valence-corrected chi connectivity index (χ3v) is 9.54. The molecule has 0 aliphatic heterocycles. The van der Waals surface area contributed by atoms with E-state index in [2.05, 4.69) is 12.0 Å². The molecule has 0 atom stereocenters. The maximum atomic E-state index is 14.1. The van der Waals surface area contributed by atoms with E-state index in [1.807, 2.05) is 60.3 Å². The van der Waals surface area contributed by atoms with Gasteiger partial charge in [0.25, 0.3) is 10.0 Å². The van der Waals surface area contributed by atoms with E-state index in [1.54, 1.807) is 52.7 Å². The molecule has 198 valence electrons. The molecule has 0 spiro atoms. The Bertz CT molecular complexity index is 2060. The second-order valence-electron chi connectivity index (χ2n) is 9.26. The lowest BCUT2D eigenvalue weighted by atomic mass is 10.1. The van der Waals surface area contributed by atoms with Gasteiger partial charge in [-0.2, -0.15) is 0 Å². The van der Waals surface area contributed by atoms with Crippen LogP contribution in [0.15, 0.2) is 108 Å². The Kier molecular flexibility index (Phi) is 6.42. The quantitative estimate of drug-likeness (QED) is 0.196. The highest BCUT2D eigenvalue weighted by Crippen LogP contribution is 2.32. The van der Waals surface area contributed by atoms with Crippen LogP contribution in [-0.4, -0.2) is 32.9 Å². The lowest BCUT2D eigenvalue weighted by Crippen LogP contribution is -2.26. The normalized spacial score (nSPS) is 11.4. The topological polar surface area (TPSA) is 84.5 Å². The summed E-state index contributed by atoms with van der Waals surface area (Å²) in [5.74, 6) is 1.89. The first-order valence-electron chi connectivity index (χ1n) is 12.4. The number of rotatable bonds is 6. The van der Waals surface area contributed by atoms with Crippen molar-refractivity contribution in [2.45, 2.75) is 11.4 Å². The molecule has 0 bridgehead atoms. The van der Waals surface area contributed by atoms with Crippen LogP contribution in [0.2, 0.25) is 0 Å². The van der Waals surface area contributed by atoms with Crippen LogP contribution in [0.3, 0.4) is 0 Å². The van der Waals surface area contributed by atoms with Crippen molar-refractivity contribution in [2.75, 3.05) is 0 Å². The van der Waals surface area contributed by atoms with E-state index >= 15 is 0 Å². The van der Waals surface area contributed by atoms with Crippen molar-refractivity contribution >= 4 is 48.3 Å². The molecule has 0 fully saturated rings. The highest BCUT2D eigenvalue weighted by atomic mass is 32.2. The predicted octanol–water partition coefficient (Wildman–Crippen LogP) is 6.08. The fourth-order valence-electron chi connectivity index (χ4n) is 4.75. The summed E-state index contributed by atoms with van der Waals surface area (Å²) in [6.45, 7) is 0.0157. The van der Waals surface area contributed by atoms with Gasteiger partial charge in [0.15, 0.2) is 0 Å². The fraction of sp³-hybridized carbons (Fsp3) is 0.0645. The van der Waals surface area contributed by atoms with Crippen molar-refractivity contribution in [3.05, 3.63) is 120 Å². The third kappa shape index (κ3) is 4.53. The number of hydrogen-bond donors (Lipinski definition) is 1. The van der Waals surface area contributed by atoms with Crippen LogP contribution in [0.4, 0.5) is 0 Å². The number of benzene rings is 3. The van der Waals surface area contributed by atoms with Gasteiger partial charge in [-0.3, -0.25) is 0 Å². The summed E-state index contributed by atoms with van der Waals surface area (Å²) in [5, 5.41) is 13.1. The van der Waals surface area contributed by atoms with Crippen LogP contribution in [0.25, 0.3) is 26.7 Å². The molecule has 0 saturated carbocycles. The van der Waals surface area contributed by atoms with E-state index in [4.69, 9.17) is 0 Å². The van der Waals surface area contributed by atoms with Crippen LogP contribution < -0.4 is 0 Å². The standard InChI is InChI=1S/C31H23N3O4S2/c1-32-17-13-24-19-22(11-12-27(24)32)20-34(40(37,38)29-21-39-28-10-3-2-8-25(28)29)18-14-23-7-6-9-26(31(35)36)30(23)33-15-4-5-16-33/h2-13,15-17,19,21H,20H2,1H3,(H,35,36). The number of hydrogen-bond acceptors (Lipinski definition) is 4. The number of aromatic nitrogens is 2. The lowest BCUT2D eigenvalue weighted by molar-refractivity contribution is 0.0697. The van der Waals surface area contributed by atoms with Crippen molar-refractivity contribution in [1.82, 2.24) is 13.4 Å². The molecule has 9 heteroatoms. The van der Waals surface area contributed by atoms with Crippen molar-refractivity contribution in [1.29, 1.82) is 0 Å². The monoisotopic (exact) mass is 565 g/mol. The summed E-state index contributed by atoms with van der Waals surface area (Å²) in [6.07, 6.45) is 5.42. The minimum Gasteiger partial charge on any atom is -0.478 e. The average Bonchev–Trinajstić information content (AvgIpc) is 3.71. The predicted molar refractivity (Wildman–Crippen MR) is 157 cm³/mol. The van der Waals surface area contributed by atoms with Crippen LogP contribution in [0, 0.1) is 12.0 Å². The first-order chi connectivity index (χ1) is 19.3. The third-order valence-electron chi connectivity index (χ3n) is 6.73. The first-order valence-corrected chi connectivity index (χ1v) is 14.7. The Morgan fingerprint density at radius 1 is 0.975 bits per heavy atom. The molecule has 0 unspecified atom stereocenters. The zero-order chi connectivity index (χ0) is 27.9. The maximum absolute atomic E-state index is 14.1. The van der Waals surface area contributed by atoms with Crippen molar-refractivity contribution in [2.24, 2.45) is 7.05 Å². The minimum absolute atomic E-state index is 0.0157. The summed E-state index contributed by atoms with van der Waals surface area (Å²) in [4.78, 5) is 12.2.